The van der Waals surface area contributed by atoms with E-state index >= 15 is 0 Å². The number of anilines is 1. The number of hydrogen-bond acceptors (Lipinski definition) is 5. The van der Waals surface area contributed by atoms with E-state index in [0.29, 0.717) is 15.6 Å². The van der Waals surface area contributed by atoms with Gasteiger partial charge in [-0.15, -0.1) is 11.3 Å². The number of hydrogen-bond donors (Lipinski definition) is 0. The fourth-order valence-electron chi connectivity index (χ4n) is 5.30. The van der Waals surface area contributed by atoms with E-state index in [4.69, 9.17) is 23.2 Å². The number of nitrogens with zero attached hydrogens (tertiary/aromatic N) is 2. The Bertz CT molecular complexity index is 1350. The van der Waals surface area contributed by atoms with Gasteiger partial charge in [0.1, 0.15) is 6.04 Å². The van der Waals surface area contributed by atoms with Gasteiger partial charge in [-0.2, -0.15) is 0 Å². The second kappa shape index (κ2) is 7.55. The minimum absolute atomic E-state index is 0.149. The maximum atomic E-state index is 13.8. The van der Waals surface area contributed by atoms with E-state index < -0.39 is 29.8 Å². The van der Waals surface area contributed by atoms with Crippen LogP contribution in [0.25, 0.3) is 6.08 Å². The van der Waals surface area contributed by atoms with Crippen molar-refractivity contribution in [3.8, 4) is 0 Å². The Morgan fingerprint density at radius 3 is 2.45 bits per heavy atom. The lowest BCUT2D eigenvalue weighted by molar-refractivity contribution is -0.123. The van der Waals surface area contributed by atoms with E-state index in [2.05, 4.69) is 0 Å². The summed E-state index contributed by atoms with van der Waals surface area (Å²) in [6.45, 7) is 0. The van der Waals surface area contributed by atoms with E-state index in [1.165, 1.54) is 22.3 Å². The van der Waals surface area contributed by atoms with Crippen molar-refractivity contribution in [1.29, 1.82) is 0 Å². The van der Waals surface area contributed by atoms with Crippen LogP contribution in [0.1, 0.15) is 26.8 Å². The number of Topliss-reactive ketones (excluding diaryl/α,β-unsaturated/α-hetero) is 1. The molecule has 3 aliphatic rings. The first-order chi connectivity index (χ1) is 16.0. The summed E-state index contributed by atoms with van der Waals surface area (Å²) in [6, 6.07) is 14.9. The van der Waals surface area contributed by atoms with Gasteiger partial charge in [-0.1, -0.05) is 53.5 Å². The van der Waals surface area contributed by atoms with Crippen LogP contribution in [0, 0.1) is 11.8 Å². The largest absolute Gasteiger partial charge is 0.358 e. The predicted molar refractivity (Wildman–Crippen MR) is 128 cm³/mol. The first kappa shape index (κ1) is 20.7. The molecule has 5 nitrogen and oxygen atoms in total. The van der Waals surface area contributed by atoms with E-state index in [-0.39, 0.29) is 16.7 Å². The van der Waals surface area contributed by atoms with Gasteiger partial charge < -0.3 is 4.90 Å². The summed E-state index contributed by atoms with van der Waals surface area (Å²) in [5, 5.41) is 2.43. The second-order valence-electron chi connectivity index (χ2n) is 8.28. The maximum Gasteiger partial charge on any atom is 0.240 e. The molecule has 3 aliphatic heterocycles. The summed E-state index contributed by atoms with van der Waals surface area (Å²) in [4.78, 5) is 44.8. The Hall–Kier alpha value is -2.93. The number of rotatable bonds is 3. The van der Waals surface area contributed by atoms with Gasteiger partial charge in [-0.25, -0.2) is 4.90 Å². The Labute approximate surface area is 203 Å². The number of ketones is 1. The van der Waals surface area contributed by atoms with Crippen molar-refractivity contribution in [2.24, 2.45) is 11.8 Å². The van der Waals surface area contributed by atoms with Crippen molar-refractivity contribution in [3.05, 3.63) is 92.2 Å². The van der Waals surface area contributed by atoms with Crippen LogP contribution in [0.3, 0.4) is 0 Å². The van der Waals surface area contributed by atoms with Gasteiger partial charge in [-0.3, -0.25) is 14.4 Å². The number of imide groups is 1. The molecular formula is C25H16Cl2N2O3S. The van der Waals surface area contributed by atoms with Crippen molar-refractivity contribution in [2.75, 3.05) is 4.90 Å². The molecule has 4 atom stereocenters. The molecule has 0 unspecified atom stereocenters. The fraction of sp³-hybridized carbons (Fsp3) is 0.160. The minimum atomic E-state index is -0.803. The summed E-state index contributed by atoms with van der Waals surface area (Å²) < 4.78 is 0. The van der Waals surface area contributed by atoms with Crippen molar-refractivity contribution in [3.63, 3.8) is 0 Å². The molecule has 0 aliphatic carbocycles. The van der Waals surface area contributed by atoms with Crippen LogP contribution in [0.4, 0.5) is 5.69 Å². The average molecular weight is 495 g/mol. The van der Waals surface area contributed by atoms with Crippen LogP contribution in [0.5, 0.6) is 0 Å². The third-order valence-corrected chi connectivity index (χ3v) is 8.28. The van der Waals surface area contributed by atoms with Crippen LogP contribution >= 0.6 is 34.5 Å². The summed E-state index contributed by atoms with van der Waals surface area (Å²) in [5.74, 6) is -2.36. The molecule has 3 aromatic rings. The quantitative estimate of drug-likeness (QED) is 0.358. The van der Waals surface area contributed by atoms with Crippen LogP contribution in [0.2, 0.25) is 10.0 Å². The molecule has 4 heterocycles. The molecule has 0 N–H and O–H groups in total. The number of benzene rings is 2. The van der Waals surface area contributed by atoms with Crippen molar-refractivity contribution < 1.29 is 14.4 Å². The summed E-state index contributed by atoms with van der Waals surface area (Å²) in [5.41, 5.74) is 2.28. The number of amides is 2. The third-order valence-electron chi connectivity index (χ3n) is 6.66. The number of fused-ring (bicyclic) bond motifs is 5. The van der Waals surface area contributed by atoms with E-state index in [0.717, 1.165) is 11.1 Å². The smallest absolute Gasteiger partial charge is 0.240 e. The molecule has 8 heteroatoms. The van der Waals surface area contributed by atoms with Gasteiger partial charge in [0.05, 0.1) is 38.5 Å². The third kappa shape index (κ3) is 2.94. The highest BCUT2D eigenvalue weighted by atomic mass is 35.5. The lowest BCUT2D eigenvalue weighted by Gasteiger charge is -2.35. The Kier molecular flexibility index (Phi) is 4.73. The van der Waals surface area contributed by atoms with Crippen molar-refractivity contribution in [1.82, 2.24) is 4.90 Å². The number of carbonyl (C=O) groups excluding carboxylic acids is 3. The Morgan fingerprint density at radius 2 is 1.70 bits per heavy atom. The zero-order valence-corrected chi connectivity index (χ0v) is 19.3. The minimum Gasteiger partial charge on any atom is -0.358 e. The molecular weight excluding hydrogens is 479 g/mol. The molecule has 2 aromatic carbocycles. The molecule has 33 heavy (non-hydrogen) atoms. The lowest BCUT2D eigenvalue weighted by Crippen LogP contribution is -2.44. The molecule has 2 amide bonds. The highest BCUT2D eigenvalue weighted by molar-refractivity contribution is 7.12. The normalized spacial score (nSPS) is 25.3. The number of carbonyl (C=O) groups is 3. The van der Waals surface area contributed by atoms with Gasteiger partial charge in [0, 0.05) is 6.20 Å². The van der Waals surface area contributed by atoms with Gasteiger partial charge in [-0.05, 0) is 46.8 Å². The molecule has 0 bridgehead atoms. The first-order valence-electron chi connectivity index (χ1n) is 10.4. The van der Waals surface area contributed by atoms with Crippen LogP contribution in [-0.2, 0) is 9.59 Å². The zero-order valence-electron chi connectivity index (χ0n) is 17.0. The molecule has 164 valence electrons. The van der Waals surface area contributed by atoms with Crippen LogP contribution in [-0.4, -0.2) is 28.5 Å². The Balaban J connectivity index is 1.51. The Morgan fingerprint density at radius 1 is 0.909 bits per heavy atom. The topological polar surface area (TPSA) is 57.7 Å². The molecule has 0 saturated carbocycles. The summed E-state index contributed by atoms with van der Waals surface area (Å²) in [6.07, 6.45) is 3.79. The highest BCUT2D eigenvalue weighted by Gasteiger charge is 2.64. The highest BCUT2D eigenvalue weighted by Crippen LogP contribution is 2.54. The van der Waals surface area contributed by atoms with E-state index in [1.54, 1.807) is 18.2 Å². The maximum absolute atomic E-state index is 13.8. The van der Waals surface area contributed by atoms with Crippen molar-refractivity contribution in [2.45, 2.75) is 12.1 Å². The molecule has 0 spiro atoms. The van der Waals surface area contributed by atoms with Crippen LogP contribution in [0.15, 0.2) is 66.2 Å². The summed E-state index contributed by atoms with van der Waals surface area (Å²) in [7, 11) is 0. The van der Waals surface area contributed by atoms with E-state index in [9.17, 15) is 14.4 Å². The van der Waals surface area contributed by atoms with Crippen molar-refractivity contribution >= 4 is 63.9 Å². The molecule has 0 radical (unpaired) electrons. The fourth-order valence-corrected chi connectivity index (χ4v) is 6.29. The molecule has 2 fully saturated rings. The monoisotopic (exact) mass is 494 g/mol. The lowest BCUT2D eigenvalue weighted by atomic mass is 9.84. The van der Waals surface area contributed by atoms with Gasteiger partial charge in [0.25, 0.3) is 0 Å². The first-order valence-corrected chi connectivity index (χ1v) is 12.1. The predicted octanol–water partition coefficient (Wildman–Crippen LogP) is 5.45. The SMILES string of the molecule is O=C(c1cccs1)[C@@H]1[C@@H]2C(=O)N(c3ccc(Cl)c(Cl)c3)C(=O)[C@H]2[C@@H]2c3ccccc3C=CN12. The second-order valence-corrected chi connectivity index (χ2v) is 10.0. The van der Waals surface area contributed by atoms with Gasteiger partial charge >= 0.3 is 0 Å². The van der Waals surface area contributed by atoms with Gasteiger partial charge in [0.15, 0.2) is 5.78 Å². The zero-order chi connectivity index (χ0) is 22.9. The van der Waals surface area contributed by atoms with E-state index in [1.807, 2.05) is 52.9 Å². The average Bonchev–Trinajstić information content (AvgIpc) is 3.52. The number of halogens is 2. The molecule has 2 saturated heterocycles. The number of thiophene rings is 1. The standard InChI is InChI=1S/C25H16Cl2N2O3S/c26-16-8-7-14(12-17(16)27)29-24(31)19-20(25(29)32)22(23(30)18-6-3-11-33-18)28-10-9-13-4-1-2-5-15(13)21(19)28/h1-12,19-22H/t19-,20-,21+,22+/m1/s1. The van der Waals surface area contributed by atoms with Gasteiger partial charge in [0.2, 0.25) is 11.8 Å². The molecule has 1 aromatic heterocycles. The molecule has 6 rings (SSSR count). The summed E-state index contributed by atoms with van der Waals surface area (Å²) >= 11 is 13.6. The van der Waals surface area contributed by atoms with Crippen LogP contribution < -0.4 is 4.90 Å².